The van der Waals surface area contributed by atoms with Gasteiger partial charge in [0, 0.05) is 28.3 Å². The molecule has 4 heteroatoms. The molecule has 0 amide bonds. The predicted molar refractivity (Wildman–Crippen MR) is 127 cm³/mol. The number of benzene rings is 1. The molecule has 2 aromatic rings. The Balaban J connectivity index is 1.28. The summed E-state index contributed by atoms with van der Waals surface area (Å²) in [6.45, 7) is 7.00. The van der Waals surface area contributed by atoms with E-state index in [-0.39, 0.29) is 5.41 Å². The number of fused-ring (bicyclic) bond motifs is 7. The number of rotatable bonds is 2. The molecule has 0 aliphatic heterocycles. The minimum atomic E-state index is -0.0141. The number of nitrogens with zero attached hydrogens (tertiary/aromatic N) is 1. The Morgan fingerprint density at radius 2 is 1.81 bits per heavy atom. The molecular formula is C27H34N2OS. The smallest absolute Gasteiger partial charge is 0.187 e. The summed E-state index contributed by atoms with van der Waals surface area (Å²) < 4.78 is 0. The average molecular weight is 435 g/mol. The topological polar surface area (TPSA) is 42.0 Å². The van der Waals surface area contributed by atoms with Crippen molar-refractivity contribution in [1.82, 2.24) is 4.98 Å². The van der Waals surface area contributed by atoms with Gasteiger partial charge in [-0.05, 0) is 87.2 Å². The number of nitrogens with one attached hydrogen (secondary N) is 1. The van der Waals surface area contributed by atoms with Crippen LogP contribution in [0.3, 0.4) is 0 Å². The van der Waals surface area contributed by atoms with Gasteiger partial charge >= 0.3 is 0 Å². The van der Waals surface area contributed by atoms with Crippen molar-refractivity contribution in [2.75, 3.05) is 5.32 Å². The van der Waals surface area contributed by atoms with Crippen LogP contribution < -0.4 is 5.32 Å². The third-order valence-corrected chi connectivity index (χ3v) is 11.0. The van der Waals surface area contributed by atoms with E-state index in [0.717, 1.165) is 48.3 Å². The van der Waals surface area contributed by atoms with Gasteiger partial charge in [-0.2, -0.15) is 0 Å². The largest absolute Gasteiger partial charge is 0.332 e. The fourth-order valence-corrected chi connectivity index (χ4v) is 9.36. The third kappa shape index (κ3) is 2.90. The molecule has 6 rings (SSSR count). The lowest BCUT2D eigenvalue weighted by atomic mass is 9.46. The van der Waals surface area contributed by atoms with E-state index in [1.54, 1.807) is 4.88 Å². The summed E-state index contributed by atoms with van der Waals surface area (Å²) in [5, 5.41) is 4.62. The lowest BCUT2D eigenvalue weighted by Crippen LogP contribution is -2.52. The maximum Gasteiger partial charge on any atom is 0.187 e. The van der Waals surface area contributed by atoms with Gasteiger partial charge in [0.1, 0.15) is 5.78 Å². The van der Waals surface area contributed by atoms with Crippen LogP contribution in [0.25, 0.3) is 0 Å². The van der Waals surface area contributed by atoms with Crippen LogP contribution in [-0.4, -0.2) is 10.8 Å². The van der Waals surface area contributed by atoms with Crippen molar-refractivity contribution in [1.29, 1.82) is 0 Å². The quantitative estimate of drug-likeness (QED) is 0.551. The lowest BCUT2D eigenvalue weighted by Gasteiger charge is -2.59. The summed E-state index contributed by atoms with van der Waals surface area (Å²) in [6.07, 6.45) is 9.30. The highest BCUT2D eigenvalue weighted by molar-refractivity contribution is 7.15. The highest BCUT2D eigenvalue weighted by atomic mass is 32.1. The molecule has 3 nitrogen and oxygen atoms in total. The van der Waals surface area contributed by atoms with Crippen LogP contribution in [-0.2, 0) is 11.2 Å². The van der Waals surface area contributed by atoms with Crippen LogP contribution in [0.5, 0.6) is 0 Å². The maximum absolute atomic E-state index is 12.7. The van der Waals surface area contributed by atoms with E-state index >= 15 is 0 Å². The molecule has 1 N–H and O–H groups in total. The van der Waals surface area contributed by atoms with Gasteiger partial charge in [-0.15, -0.1) is 11.3 Å². The number of hydrogen-bond acceptors (Lipinski definition) is 4. The first kappa shape index (κ1) is 20.0. The number of carbonyl (C=O) groups excluding carboxylic acids is 1. The summed E-state index contributed by atoms with van der Waals surface area (Å²) in [4.78, 5) is 19.3. The van der Waals surface area contributed by atoms with Crippen molar-refractivity contribution in [3.63, 3.8) is 0 Å². The van der Waals surface area contributed by atoms with Gasteiger partial charge in [-0.25, -0.2) is 4.98 Å². The van der Waals surface area contributed by atoms with Crippen molar-refractivity contribution < 1.29 is 4.79 Å². The van der Waals surface area contributed by atoms with Gasteiger partial charge in [0.25, 0.3) is 0 Å². The number of hydrogen-bond donors (Lipinski definition) is 1. The van der Waals surface area contributed by atoms with Crippen LogP contribution in [0.1, 0.15) is 80.8 Å². The van der Waals surface area contributed by atoms with Gasteiger partial charge in [-0.1, -0.05) is 31.5 Å². The molecule has 1 aromatic heterocycles. The Bertz CT molecular complexity index is 1030. The minimum Gasteiger partial charge on any atom is -0.332 e. The number of aryl methyl sites for hydroxylation is 2. The second-order valence-corrected chi connectivity index (χ2v) is 12.3. The van der Waals surface area contributed by atoms with E-state index in [2.05, 4.69) is 50.4 Å². The normalized spacial score (nSPS) is 38.7. The molecule has 3 saturated carbocycles. The van der Waals surface area contributed by atoms with Gasteiger partial charge in [0.2, 0.25) is 0 Å². The van der Waals surface area contributed by atoms with Gasteiger partial charge < -0.3 is 5.32 Å². The number of carbonyl (C=O) groups is 1. The first-order valence-electron chi connectivity index (χ1n) is 12.2. The number of aromatic nitrogens is 1. The average Bonchev–Trinajstić information content (AvgIpc) is 3.29. The van der Waals surface area contributed by atoms with E-state index in [4.69, 9.17) is 4.98 Å². The van der Waals surface area contributed by atoms with Crippen molar-refractivity contribution in [2.45, 2.75) is 78.1 Å². The predicted octanol–water partition coefficient (Wildman–Crippen LogP) is 7.04. The SMILES string of the molecule is Cc1ccc(Nc2nc3c(s2)C2CC[C@@H]4[C@H](CC[C@]5(C)C(=O)CC[C@@H]45)[C@@]2(C)CC3)cc1. The first-order valence-corrected chi connectivity index (χ1v) is 13.1. The summed E-state index contributed by atoms with van der Waals surface area (Å²) >= 11 is 1.90. The zero-order valence-electron chi connectivity index (χ0n) is 19.0. The van der Waals surface area contributed by atoms with Gasteiger partial charge in [0.05, 0.1) is 5.69 Å². The molecule has 0 saturated heterocycles. The molecule has 0 spiro atoms. The molecule has 3 fully saturated rings. The van der Waals surface area contributed by atoms with E-state index in [1.165, 1.54) is 36.9 Å². The molecule has 31 heavy (non-hydrogen) atoms. The third-order valence-electron chi connectivity index (χ3n) is 9.83. The molecule has 4 aliphatic rings. The van der Waals surface area contributed by atoms with Crippen LogP contribution in [0.15, 0.2) is 24.3 Å². The fourth-order valence-electron chi connectivity index (χ4n) is 8.03. The minimum absolute atomic E-state index is 0.0141. The van der Waals surface area contributed by atoms with Crippen molar-refractivity contribution in [3.05, 3.63) is 40.4 Å². The number of anilines is 2. The zero-order chi connectivity index (χ0) is 21.4. The van der Waals surface area contributed by atoms with E-state index in [0.29, 0.717) is 23.0 Å². The van der Waals surface area contributed by atoms with E-state index in [9.17, 15) is 4.79 Å². The molecule has 1 unspecified atom stereocenters. The Morgan fingerprint density at radius 1 is 1.00 bits per heavy atom. The van der Waals surface area contributed by atoms with Crippen LogP contribution in [0.4, 0.5) is 10.8 Å². The van der Waals surface area contributed by atoms with Gasteiger partial charge in [-0.3, -0.25) is 4.79 Å². The highest BCUT2D eigenvalue weighted by Crippen LogP contribution is 2.67. The molecule has 1 heterocycles. The second-order valence-electron chi connectivity index (χ2n) is 11.3. The Kier molecular flexibility index (Phi) is 4.45. The summed E-state index contributed by atoms with van der Waals surface area (Å²) in [7, 11) is 0. The number of Topliss-reactive ketones (excluding diaryl/α,β-unsaturated/α-hetero) is 1. The molecule has 164 valence electrons. The first-order chi connectivity index (χ1) is 14.9. The fraction of sp³-hybridized carbons (Fsp3) is 0.630. The Labute approximate surface area is 190 Å². The van der Waals surface area contributed by atoms with Crippen LogP contribution in [0, 0.1) is 35.5 Å². The molecule has 0 bridgehead atoms. The van der Waals surface area contributed by atoms with Gasteiger partial charge in [0.15, 0.2) is 5.13 Å². The molecule has 4 aliphatic carbocycles. The molecule has 0 radical (unpaired) electrons. The van der Waals surface area contributed by atoms with Crippen molar-refractivity contribution in [2.24, 2.45) is 28.6 Å². The lowest BCUT2D eigenvalue weighted by molar-refractivity contribution is -0.134. The summed E-state index contributed by atoms with van der Waals surface area (Å²) in [5.74, 6) is 3.37. The Morgan fingerprint density at radius 3 is 2.61 bits per heavy atom. The maximum atomic E-state index is 12.7. The zero-order valence-corrected chi connectivity index (χ0v) is 19.9. The standard InChI is InChI=1S/C27H34N2OS/c1-16-4-6-17(7-5-16)28-25-29-22-13-15-26(2)20-12-14-27(3)19(10-11-23(27)30)18(20)8-9-21(26)24(22)31-25/h4-7,18-21H,8-15H2,1-3H3,(H,28,29)/t18-,19-,20-,21?,26+,27-/m0/s1. The highest BCUT2D eigenvalue weighted by Gasteiger charge is 2.60. The second kappa shape index (κ2) is 6.91. The Hall–Kier alpha value is -1.68. The number of thiazole rings is 1. The van der Waals surface area contributed by atoms with E-state index < -0.39 is 0 Å². The van der Waals surface area contributed by atoms with Crippen molar-refractivity contribution >= 4 is 27.9 Å². The van der Waals surface area contributed by atoms with Crippen molar-refractivity contribution in [3.8, 4) is 0 Å². The molecule has 1 aromatic carbocycles. The monoisotopic (exact) mass is 434 g/mol. The molecule has 6 atom stereocenters. The summed E-state index contributed by atoms with van der Waals surface area (Å²) in [5.41, 5.74) is 4.11. The summed E-state index contributed by atoms with van der Waals surface area (Å²) in [6, 6.07) is 8.59. The van der Waals surface area contributed by atoms with Crippen LogP contribution in [0.2, 0.25) is 0 Å². The van der Waals surface area contributed by atoms with E-state index in [1.807, 2.05) is 11.3 Å². The van der Waals surface area contributed by atoms with Crippen LogP contribution >= 0.6 is 11.3 Å². The molecular weight excluding hydrogens is 400 g/mol. The number of ketones is 1.